The van der Waals surface area contributed by atoms with Crippen molar-refractivity contribution < 1.29 is 9.59 Å². The lowest BCUT2D eigenvalue weighted by Crippen LogP contribution is -2.38. The molecule has 1 aromatic rings. The van der Waals surface area contributed by atoms with E-state index in [1.54, 1.807) is 6.92 Å². The van der Waals surface area contributed by atoms with Gasteiger partial charge in [0.2, 0.25) is 0 Å². The molecule has 1 amide bonds. The summed E-state index contributed by atoms with van der Waals surface area (Å²) in [5.41, 5.74) is 2.98. The van der Waals surface area contributed by atoms with E-state index in [2.05, 4.69) is 24.1 Å². The molecule has 128 valence electrons. The average molecular weight is 318 g/mol. The number of H-pyrrole nitrogens is 1. The van der Waals surface area contributed by atoms with E-state index in [4.69, 9.17) is 0 Å². The van der Waals surface area contributed by atoms with Gasteiger partial charge in [-0.2, -0.15) is 0 Å². The van der Waals surface area contributed by atoms with E-state index in [0.717, 1.165) is 42.9 Å². The summed E-state index contributed by atoms with van der Waals surface area (Å²) in [4.78, 5) is 27.8. The lowest BCUT2D eigenvalue weighted by Gasteiger charge is -2.28. The second-order valence-electron chi connectivity index (χ2n) is 6.88. The molecule has 0 atom stereocenters. The maximum Gasteiger partial charge on any atom is 0.268 e. The molecule has 4 heteroatoms. The number of Topliss-reactive ketones (excluding diaryl/α,β-unsaturated/α-hetero) is 1. The van der Waals surface area contributed by atoms with Gasteiger partial charge in [-0.3, -0.25) is 9.59 Å². The fourth-order valence-electron chi connectivity index (χ4n) is 3.82. The fraction of sp³-hybridized carbons (Fsp3) is 0.684. The minimum absolute atomic E-state index is 0.0321. The topological polar surface area (TPSA) is 62.0 Å². The standard InChI is InChI=1S/C19H30N2O2/c1-5-7-16-17(13(4)22)12(3)20-18(16)19(23)21-15-10-8-14(6-2)9-11-15/h14-15,20H,5-11H2,1-4H3,(H,21,23). The number of ketones is 1. The van der Waals surface area contributed by atoms with Gasteiger partial charge in [0.25, 0.3) is 5.91 Å². The minimum atomic E-state index is -0.0519. The highest BCUT2D eigenvalue weighted by Gasteiger charge is 2.26. The molecule has 4 nitrogen and oxygen atoms in total. The monoisotopic (exact) mass is 318 g/mol. The first kappa shape index (κ1) is 17.8. The van der Waals surface area contributed by atoms with Crippen molar-refractivity contribution in [2.75, 3.05) is 0 Å². The molecule has 1 fully saturated rings. The molecule has 0 radical (unpaired) electrons. The average Bonchev–Trinajstić information content (AvgIpc) is 2.85. The molecule has 2 rings (SSSR count). The van der Waals surface area contributed by atoms with Gasteiger partial charge in [0.05, 0.1) is 0 Å². The minimum Gasteiger partial charge on any atom is -0.354 e. The number of aromatic amines is 1. The van der Waals surface area contributed by atoms with Crippen molar-refractivity contribution in [3.05, 3.63) is 22.5 Å². The highest BCUT2D eigenvalue weighted by atomic mass is 16.2. The largest absolute Gasteiger partial charge is 0.354 e. The first-order valence-electron chi connectivity index (χ1n) is 9.01. The zero-order valence-electron chi connectivity index (χ0n) is 14.9. The summed E-state index contributed by atoms with van der Waals surface area (Å²) in [5, 5.41) is 3.18. The zero-order valence-corrected chi connectivity index (χ0v) is 14.9. The van der Waals surface area contributed by atoms with E-state index < -0.39 is 0 Å². The van der Waals surface area contributed by atoms with Crippen LogP contribution in [0.5, 0.6) is 0 Å². The third-order valence-corrected chi connectivity index (χ3v) is 5.13. The van der Waals surface area contributed by atoms with Crippen molar-refractivity contribution in [1.82, 2.24) is 10.3 Å². The van der Waals surface area contributed by atoms with Crippen molar-refractivity contribution in [2.45, 2.75) is 78.7 Å². The molecule has 23 heavy (non-hydrogen) atoms. The molecule has 0 unspecified atom stereocenters. The molecule has 0 aliphatic heterocycles. The van der Waals surface area contributed by atoms with Gasteiger partial charge in [0, 0.05) is 17.3 Å². The van der Waals surface area contributed by atoms with E-state index in [1.165, 1.54) is 19.3 Å². The molecule has 1 saturated carbocycles. The van der Waals surface area contributed by atoms with Gasteiger partial charge in [0.15, 0.2) is 5.78 Å². The van der Waals surface area contributed by atoms with Crippen LogP contribution in [0.2, 0.25) is 0 Å². The lowest BCUT2D eigenvalue weighted by atomic mass is 9.84. The Morgan fingerprint density at radius 3 is 2.35 bits per heavy atom. The normalized spacial score (nSPS) is 21.2. The maximum atomic E-state index is 12.7. The highest BCUT2D eigenvalue weighted by molar-refractivity contribution is 6.02. The van der Waals surface area contributed by atoms with Crippen LogP contribution in [0.3, 0.4) is 0 Å². The molecule has 1 aromatic heterocycles. The van der Waals surface area contributed by atoms with Gasteiger partial charge >= 0.3 is 0 Å². The molecule has 0 saturated heterocycles. The van der Waals surface area contributed by atoms with Gasteiger partial charge in [-0.1, -0.05) is 26.7 Å². The van der Waals surface area contributed by atoms with Gasteiger partial charge < -0.3 is 10.3 Å². The van der Waals surface area contributed by atoms with Crippen molar-refractivity contribution in [1.29, 1.82) is 0 Å². The third-order valence-electron chi connectivity index (χ3n) is 5.13. The summed E-state index contributed by atoms with van der Waals surface area (Å²) < 4.78 is 0. The summed E-state index contributed by atoms with van der Waals surface area (Å²) in [6.45, 7) is 7.76. The van der Waals surface area contributed by atoms with Crippen molar-refractivity contribution in [3.63, 3.8) is 0 Å². The number of carbonyl (C=O) groups is 2. The quantitative estimate of drug-likeness (QED) is 0.773. The maximum absolute atomic E-state index is 12.7. The van der Waals surface area contributed by atoms with Crippen LogP contribution >= 0.6 is 0 Å². The first-order valence-corrected chi connectivity index (χ1v) is 9.01. The second-order valence-corrected chi connectivity index (χ2v) is 6.88. The van der Waals surface area contributed by atoms with Crippen LogP contribution in [0.25, 0.3) is 0 Å². The van der Waals surface area contributed by atoms with Crippen LogP contribution in [0.15, 0.2) is 0 Å². The number of amides is 1. The smallest absolute Gasteiger partial charge is 0.268 e. The van der Waals surface area contributed by atoms with Crippen LogP contribution in [0.4, 0.5) is 0 Å². The van der Waals surface area contributed by atoms with Crippen LogP contribution in [0, 0.1) is 12.8 Å². The Labute approximate surface area is 139 Å². The van der Waals surface area contributed by atoms with Gasteiger partial charge in [0.1, 0.15) is 5.69 Å². The second kappa shape index (κ2) is 7.80. The Hall–Kier alpha value is -1.58. The van der Waals surface area contributed by atoms with Crippen molar-refractivity contribution >= 4 is 11.7 Å². The predicted molar refractivity (Wildman–Crippen MR) is 93.0 cm³/mol. The number of nitrogens with one attached hydrogen (secondary N) is 2. The van der Waals surface area contributed by atoms with Crippen LogP contribution in [-0.4, -0.2) is 22.7 Å². The molecular formula is C19H30N2O2. The molecule has 1 heterocycles. The Balaban J connectivity index is 2.13. The summed E-state index contributed by atoms with van der Waals surface area (Å²) in [5.74, 6) is 0.796. The SMILES string of the molecule is CCCc1c(C(=O)NC2CCC(CC)CC2)[nH]c(C)c1C(C)=O. The van der Waals surface area contributed by atoms with Crippen LogP contribution < -0.4 is 5.32 Å². The fourth-order valence-corrected chi connectivity index (χ4v) is 3.82. The van der Waals surface area contributed by atoms with E-state index in [-0.39, 0.29) is 17.7 Å². The Bertz CT molecular complexity index is 566. The van der Waals surface area contributed by atoms with Crippen molar-refractivity contribution in [2.24, 2.45) is 5.92 Å². The number of aryl methyl sites for hydroxylation is 1. The van der Waals surface area contributed by atoms with Gasteiger partial charge in [-0.05, 0) is 57.4 Å². The molecule has 0 aromatic carbocycles. The summed E-state index contributed by atoms with van der Waals surface area (Å²) >= 11 is 0. The molecule has 2 N–H and O–H groups in total. The number of hydrogen-bond acceptors (Lipinski definition) is 2. The van der Waals surface area contributed by atoms with Gasteiger partial charge in [-0.25, -0.2) is 0 Å². The van der Waals surface area contributed by atoms with E-state index in [9.17, 15) is 9.59 Å². The van der Waals surface area contributed by atoms with Crippen LogP contribution in [-0.2, 0) is 6.42 Å². The van der Waals surface area contributed by atoms with Gasteiger partial charge in [-0.15, -0.1) is 0 Å². The summed E-state index contributed by atoms with van der Waals surface area (Å²) in [7, 11) is 0. The number of carbonyl (C=O) groups excluding carboxylic acids is 2. The first-order chi connectivity index (χ1) is 11.0. The summed E-state index contributed by atoms with van der Waals surface area (Å²) in [6.07, 6.45) is 7.43. The molecule has 1 aliphatic rings. The van der Waals surface area contributed by atoms with Crippen LogP contribution in [0.1, 0.15) is 91.4 Å². The Morgan fingerprint density at radius 2 is 1.83 bits per heavy atom. The van der Waals surface area contributed by atoms with E-state index in [1.807, 2.05) is 6.92 Å². The number of hydrogen-bond donors (Lipinski definition) is 2. The lowest BCUT2D eigenvalue weighted by molar-refractivity contribution is 0.0916. The molecular weight excluding hydrogens is 288 g/mol. The van der Waals surface area contributed by atoms with E-state index in [0.29, 0.717) is 11.3 Å². The Kier molecular flexibility index (Phi) is 6.03. The third kappa shape index (κ3) is 4.04. The predicted octanol–water partition coefficient (Wildman–Crippen LogP) is 4.18. The number of aromatic nitrogens is 1. The summed E-state index contributed by atoms with van der Waals surface area (Å²) in [6, 6.07) is 0.268. The van der Waals surface area contributed by atoms with E-state index >= 15 is 0 Å². The highest BCUT2D eigenvalue weighted by Crippen LogP contribution is 2.27. The van der Waals surface area contributed by atoms with Crippen molar-refractivity contribution in [3.8, 4) is 0 Å². The Morgan fingerprint density at radius 1 is 1.17 bits per heavy atom. The number of rotatable bonds is 6. The zero-order chi connectivity index (χ0) is 17.0. The molecule has 1 aliphatic carbocycles. The molecule has 0 bridgehead atoms. The molecule has 0 spiro atoms.